The van der Waals surface area contributed by atoms with Crippen LogP contribution in [-0.2, 0) is 0 Å². The van der Waals surface area contributed by atoms with Crippen LogP contribution in [0.25, 0.3) is 0 Å². The molecule has 1 aromatic heterocycles. The maximum Gasteiger partial charge on any atom is 0.0385 e. The van der Waals surface area contributed by atoms with Crippen molar-refractivity contribution in [3.63, 3.8) is 0 Å². The van der Waals surface area contributed by atoms with Crippen LogP contribution < -0.4 is 5.32 Å². The van der Waals surface area contributed by atoms with E-state index in [0.717, 1.165) is 12.5 Å². The summed E-state index contributed by atoms with van der Waals surface area (Å²) < 4.78 is 0. The maximum absolute atomic E-state index is 3.89. The van der Waals surface area contributed by atoms with E-state index >= 15 is 0 Å². The van der Waals surface area contributed by atoms with Crippen molar-refractivity contribution >= 4 is 11.3 Å². The molecule has 1 saturated carbocycles. The van der Waals surface area contributed by atoms with Crippen molar-refractivity contribution in [1.82, 2.24) is 5.32 Å². The van der Waals surface area contributed by atoms with Gasteiger partial charge in [-0.05, 0) is 67.5 Å². The molecule has 0 saturated heterocycles. The molecule has 0 radical (unpaired) electrons. The van der Waals surface area contributed by atoms with Crippen molar-refractivity contribution < 1.29 is 0 Å². The first kappa shape index (κ1) is 16.0. The largest absolute Gasteiger partial charge is 0.309 e. The van der Waals surface area contributed by atoms with Crippen molar-refractivity contribution in [1.29, 1.82) is 0 Å². The van der Waals surface area contributed by atoms with Crippen LogP contribution in [0.5, 0.6) is 0 Å². The highest BCUT2D eigenvalue weighted by molar-refractivity contribution is 7.10. The minimum absolute atomic E-state index is 0.497. The van der Waals surface area contributed by atoms with Crippen LogP contribution in [0.15, 0.2) is 11.4 Å². The SMILES string of the molecule is CCCNC(c1csc(C)c1)C1(CC(C)C)CCCC1. The molecule has 1 heterocycles. The zero-order chi connectivity index (χ0) is 14.6. The van der Waals surface area contributed by atoms with Gasteiger partial charge in [0.05, 0.1) is 0 Å². The summed E-state index contributed by atoms with van der Waals surface area (Å²) in [7, 11) is 0. The van der Waals surface area contributed by atoms with Crippen molar-refractivity contribution in [2.24, 2.45) is 11.3 Å². The summed E-state index contributed by atoms with van der Waals surface area (Å²) in [6, 6.07) is 2.98. The molecule has 0 amide bonds. The highest BCUT2D eigenvalue weighted by atomic mass is 32.1. The molecule has 1 nitrogen and oxygen atoms in total. The second-order valence-corrected chi connectivity index (χ2v) is 8.16. The summed E-state index contributed by atoms with van der Waals surface area (Å²) >= 11 is 1.90. The summed E-state index contributed by atoms with van der Waals surface area (Å²) in [4.78, 5) is 1.45. The van der Waals surface area contributed by atoms with Crippen LogP contribution in [0.3, 0.4) is 0 Å². The van der Waals surface area contributed by atoms with Gasteiger partial charge in [0.1, 0.15) is 0 Å². The van der Waals surface area contributed by atoms with E-state index in [-0.39, 0.29) is 0 Å². The quantitative estimate of drug-likeness (QED) is 0.679. The third-order valence-electron chi connectivity index (χ3n) is 4.71. The highest BCUT2D eigenvalue weighted by Gasteiger charge is 2.42. The molecule has 1 unspecified atom stereocenters. The van der Waals surface area contributed by atoms with E-state index in [1.54, 1.807) is 5.56 Å². The van der Waals surface area contributed by atoms with Gasteiger partial charge in [0.15, 0.2) is 0 Å². The number of hydrogen-bond acceptors (Lipinski definition) is 2. The molecule has 1 N–H and O–H groups in total. The summed E-state index contributed by atoms with van der Waals surface area (Å²) in [6.07, 6.45) is 8.23. The first-order valence-electron chi connectivity index (χ1n) is 8.36. The molecular formula is C18H31NS. The second kappa shape index (κ2) is 7.09. The van der Waals surface area contributed by atoms with Gasteiger partial charge in [-0.3, -0.25) is 0 Å². The zero-order valence-electron chi connectivity index (χ0n) is 13.7. The Morgan fingerprint density at radius 1 is 1.30 bits per heavy atom. The van der Waals surface area contributed by atoms with Gasteiger partial charge in [0.25, 0.3) is 0 Å². The summed E-state index contributed by atoms with van der Waals surface area (Å²) in [6.45, 7) is 10.4. The normalized spacial score (nSPS) is 19.6. The molecule has 1 fully saturated rings. The smallest absolute Gasteiger partial charge is 0.0385 e. The van der Waals surface area contributed by atoms with Gasteiger partial charge < -0.3 is 5.32 Å². The van der Waals surface area contributed by atoms with Crippen LogP contribution >= 0.6 is 11.3 Å². The molecule has 20 heavy (non-hydrogen) atoms. The number of rotatable bonds is 7. The Kier molecular flexibility index (Phi) is 5.68. The molecule has 0 aromatic carbocycles. The zero-order valence-corrected chi connectivity index (χ0v) is 14.5. The summed E-state index contributed by atoms with van der Waals surface area (Å²) in [5, 5.41) is 6.29. The van der Waals surface area contributed by atoms with Gasteiger partial charge in [0.2, 0.25) is 0 Å². The maximum atomic E-state index is 3.89. The van der Waals surface area contributed by atoms with Crippen molar-refractivity contribution in [3.8, 4) is 0 Å². The molecule has 114 valence electrons. The standard InChI is InChI=1S/C18H31NS/c1-5-10-19-17(16-11-15(4)20-13-16)18(12-14(2)3)8-6-7-9-18/h11,13-14,17,19H,5-10,12H2,1-4H3. The van der Waals surface area contributed by atoms with Crippen LogP contribution in [0.2, 0.25) is 0 Å². The van der Waals surface area contributed by atoms with Gasteiger partial charge in [0, 0.05) is 10.9 Å². The van der Waals surface area contributed by atoms with Crippen LogP contribution in [-0.4, -0.2) is 6.54 Å². The van der Waals surface area contributed by atoms with Crippen molar-refractivity contribution in [2.75, 3.05) is 6.54 Å². The highest BCUT2D eigenvalue weighted by Crippen LogP contribution is 2.52. The molecular weight excluding hydrogens is 262 g/mol. The van der Waals surface area contributed by atoms with E-state index in [0.29, 0.717) is 11.5 Å². The average Bonchev–Trinajstić information content (AvgIpc) is 3.00. The molecule has 1 atom stereocenters. The second-order valence-electron chi connectivity index (χ2n) is 7.05. The Morgan fingerprint density at radius 3 is 2.50 bits per heavy atom. The van der Waals surface area contributed by atoms with E-state index in [2.05, 4.69) is 44.5 Å². The topological polar surface area (TPSA) is 12.0 Å². The predicted octanol–water partition coefficient (Wildman–Crippen LogP) is 5.70. The molecule has 2 rings (SSSR count). The van der Waals surface area contributed by atoms with Crippen LogP contribution in [0.4, 0.5) is 0 Å². The van der Waals surface area contributed by atoms with E-state index in [1.807, 2.05) is 11.3 Å². The number of thiophene rings is 1. The Morgan fingerprint density at radius 2 is 2.00 bits per heavy atom. The van der Waals surface area contributed by atoms with E-state index in [4.69, 9.17) is 0 Å². The molecule has 2 heteroatoms. The van der Waals surface area contributed by atoms with Gasteiger partial charge in [-0.2, -0.15) is 0 Å². The Hall–Kier alpha value is -0.340. The van der Waals surface area contributed by atoms with Gasteiger partial charge in [-0.15, -0.1) is 11.3 Å². The fourth-order valence-corrected chi connectivity index (χ4v) is 4.82. The molecule has 1 aromatic rings. The third-order valence-corrected chi connectivity index (χ3v) is 5.59. The van der Waals surface area contributed by atoms with Crippen LogP contribution in [0.1, 0.15) is 75.8 Å². The molecule has 1 aliphatic rings. The minimum Gasteiger partial charge on any atom is -0.309 e. The monoisotopic (exact) mass is 293 g/mol. The number of nitrogens with one attached hydrogen (secondary N) is 1. The molecule has 0 aliphatic heterocycles. The Bertz CT molecular complexity index is 401. The lowest BCUT2D eigenvalue weighted by Gasteiger charge is -2.40. The summed E-state index contributed by atoms with van der Waals surface area (Å²) in [5.74, 6) is 0.791. The van der Waals surface area contributed by atoms with Crippen molar-refractivity contribution in [2.45, 2.75) is 72.3 Å². The lowest BCUT2D eigenvalue weighted by molar-refractivity contribution is 0.155. The molecule has 0 bridgehead atoms. The number of hydrogen-bond donors (Lipinski definition) is 1. The van der Waals surface area contributed by atoms with Crippen molar-refractivity contribution in [3.05, 3.63) is 21.9 Å². The van der Waals surface area contributed by atoms with Gasteiger partial charge in [-0.25, -0.2) is 0 Å². The Balaban J connectivity index is 2.26. The molecule has 1 aliphatic carbocycles. The van der Waals surface area contributed by atoms with Crippen LogP contribution in [0, 0.1) is 18.3 Å². The molecule has 0 spiro atoms. The fourth-order valence-electron chi connectivity index (χ4n) is 4.09. The first-order valence-corrected chi connectivity index (χ1v) is 9.24. The average molecular weight is 294 g/mol. The summed E-state index contributed by atoms with van der Waals surface area (Å²) in [5.41, 5.74) is 2.04. The lowest BCUT2D eigenvalue weighted by Crippen LogP contribution is -2.37. The van der Waals surface area contributed by atoms with E-state index in [1.165, 1.54) is 43.4 Å². The third kappa shape index (κ3) is 3.65. The minimum atomic E-state index is 0.497. The van der Waals surface area contributed by atoms with Gasteiger partial charge >= 0.3 is 0 Å². The van der Waals surface area contributed by atoms with E-state index < -0.39 is 0 Å². The first-order chi connectivity index (χ1) is 9.57. The fraction of sp³-hybridized carbons (Fsp3) is 0.778. The van der Waals surface area contributed by atoms with Gasteiger partial charge in [-0.1, -0.05) is 33.6 Å². The van der Waals surface area contributed by atoms with E-state index in [9.17, 15) is 0 Å². The predicted molar refractivity (Wildman–Crippen MR) is 90.4 cm³/mol. The lowest BCUT2D eigenvalue weighted by atomic mass is 9.70. The number of aryl methyl sites for hydroxylation is 1. The Labute approximate surface area is 129 Å².